The third-order valence-electron chi connectivity index (χ3n) is 3.63. The molecule has 2 rings (SSSR count). The van der Waals surface area contributed by atoms with E-state index in [0.29, 0.717) is 13.2 Å². The van der Waals surface area contributed by atoms with E-state index in [4.69, 9.17) is 4.74 Å². The number of nitrogens with zero attached hydrogens (tertiary/aromatic N) is 2. The summed E-state index contributed by atoms with van der Waals surface area (Å²) in [5, 5.41) is 6.53. The van der Waals surface area contributed by atoms with Gasteiger partial charge in [0.05, 0.1) is 13.2 Å². The molecule has 24 heavy (non-hydrogen) atoms. The molecule has 1 aliphatic rings. The highest BCUT2D eigenvalue weighted by atomic mass is 127. The molecule has 5 nitrogen and oxygen atoms in total. The van der Waals surface area contributed by atoms with E-state index in [1.54, 1.807) is 0 Å². The normalized spacial score (nSPS) is 13.8. The lowest BCUT2D eigenvalue weighted by Crippen LogP contribution is -2.39. The lowest BCUT2D eigenvalue weighted by molar-refractivity contribution is 0.152. The molecule has 1 aromatic rings. The quantitative estimate of drug-likeness (QED) is 0.213. The van der Waals surface area contributed by atoms with Crippen LogP contribution in [0.4, 0.5) is 5.69 Å². The molecule has 0 saturated heterocycles. The van der Waals surface area contributed by atoms with Crippen molar-refractivity contribution in [2.24, 2.45) is 4.99 Å². The molecule has 0 aliphatic carbocycles. The third kappa shape index (κ3) is 7.09. The Balaban J connectivity index is 0.00000288. The summed E-state index contributed by atoms with van der Waals surface area (Å²) in [6, 6.07) is 8.66. The molecular weight excluding hydrogens is 415 g/mol. The van der Waals surface area contributed by atoms with E-state index in [-0.39, 0.29) is 24.0 Å². The van der Waals surface area contributed by atoms with Crippen LogP contribution in [0.1, 0.15) is 19.4 Å². The summed E-state index contributed by atoms with van der Waals surface area (Å²) in [5.41, 5.74) is 2.48. The number of rotatable bonds is 8. The summed E-state index contributed by atoms with van der Waals surface area (Å²) in [5.74, 6) is 0.833. The highest BCUT2D eigenvalue weighted by Crippen LogP contribution is 2.17. The Kier molecular flexibility index (Phi) is 10.5. The van der Waals surface area contributed by atoms with Crippen LogP contribution >= 0.6 is 24.0 Å². The summed E-state index contributed by atoms with van der Waals surface area (Å²) >= 11 is 0. The minimum absolute atomic E-state index is 0. The summed E-state index contributed by atoms with van der Waals surface area (Å²) in [6.07, 6.45) is 4.41. The Hall–Kier alpha value is -1.28. The highest BCUT2D eigenvalue weighted by molar-refractivity contribution is 14.0. The Labute approximate surface area is 162 Å². The number of nitrogens with one attached hydrogen (secondary N) is 2. The zero-order chi connectivity index (χ0) is 16.3. The van der Waals surface area contributed by atoms with E-state index in [0.717, 1.165) is 38.7 Å². The molecule has 0 bridgehead atoms. The van der Waals surface area contributed by atoms with Crippen molar-refractivity contribution in [3.8, 4) is 0 Å². The van der Waals surface area contributed by atoms with Crippen LogP contribution in [0.25, 0.3) is 0 Å². The molecule has 134 valence electrons. The highest BCUT2D eigenvalue weighted by Gasteiger charge is 2.06. The maximum absolute atomic E-state index is 5.33. The van der Waals surface area contributed by atoms with E-state index in [1.165, 1.54) is 11.3 Å². The zero-order valence-electron chi connectivity index (χ0n) is 14.6. The Bertz CT molecular complexity index is 508. The number of benzene rings is 1. The van der Waals surface area contributed by atoms with Crippen LogP contribution in [0.5, 0.6) is 0 Å². The van der Waals surface area contributed by atoms with Gasteiger partial charge in [0.25, 0.3) is 0 Å². The van der Waals surface area contributed by atoms with Crippen LogP contribution in [-0.2, 0) is 11.3 Å². The summed E-state index contributed by atoms with van der Waals surface area (Å²) in [6.45, 7) is 9.80. The van der Waals surface area contributed by atoms with Crippen molar-refractivity contribution in [1.29, 1.82) is 0 Å². The van der Waals surface area contributed by atoms with E-state index >= 15 is 0 Å². The number of anilines is 1. The lowest BCUT2D eigenvalue weighted by Gasteiger charge is -2.17. The molecule has 0 radical (unpaired) electrons. The molecular formula is C18H29IN4O. The Morgan fingerprint density at radius 2 is 1.83 bits per heavy atom. The van der Waals surface area contributed by atoms with Crippen LogP contribution in [0.2, 0.25) is 0 Å². The van der Waals surface area contributed by atoms with Crippen LogP contribution in [0.3, 0.4) is 0 Å². The van der Waals surface area contributed by atoms with Crippen molar-refractivity contribution in [3.63, 3.8) is 0 Å². The second-order valence-corrected chi connectivity index (χ2v) is 5.36. The van der Waals surface area contributed by atoms with Crippen molar-refractivity contribution in [2.45, 2.75) is 20.4 Å². The fourth-order valence-corrected chi connectivity index (χ4v) is 2.40. The first-order valence-electron chi connectivity index (χ1n) is 8.42. The summed E-state index contributed by atoms with van der Waals surface area (Å²) in [7, 11) is 0. The summed E-state index contributed by atoms with van der Waals surface area (Å²) < 4.78 is 5.33. The second kappa shape index (κ2) is 12.1. The SMILES string of the molecule is CCNC(=NCc1ccc(N2CC=CC2)cc1)NCCOCC.I. The maximum atomic E-state index is 5.33. The van der Waals surface area contributed by atoms with Gasteiger partial charge in [-0.2, -0.15) is 0 Å². The number of hydrogen-bond acceptors (Lipinski definition) is 3. The third-order valence-corrected chi connectivity index (χ3v) is 3.63. The monoisotopic (exact) mass is 444 g/mol. The first-order chi connectivity index (χ1) is 11.3. The molecule has 0 atom stereocenters. The predicted octanol–water partition coefficient (Wildman–Crippen LogP) is 2.77. The number of hydrogen-bond donors (Lipinski definition) is 2. The molecule has 0 fully saturated rings. The van der Waals surface area contributed by atoms with Crippen molar-refractivity contribution >= 4 is 35.6 Å². The topological polar surface area (TPSA) is 48.9 Å². The Morgan fingerprint density at radius 3 is 2.46 bits per heavy atom. The van der Waals surface area contributed by atoms with Gasteiger partial charge >= 0.3 is 0 Å². The number of ether oxygens (including phenoxy) is 1. The van der Waals surface area contributed by atoms with E-state index in [2.05, 4.69) is 63.9 Å². The van der Waals surface area contributed by atoms with Gasteiger partial charge < -0.3 is 20.3 Å². The van der Waals surface area contributed by atoms with Crippen LogP contribution in [0, 0.1) is 0 Å². The number of halogens is 1. The van der Waals surface area contributed by atoms with Gasteiger partial charge in [-0.3, -0.25) is 0 Å². The average Bonchev–Trinajstić information content (AvgIpc) is 3.11. The van der Waals surface area contributed by atoms with Crippen LogP contribution < -0.4 is 15.5 Å². The molecule has 0 spiro atoms. The van der Waals surface area contributed by atoms with E-state index in [1.807, 2.05) is 6.92 Å². The number of aliphatic imine (C=N–C) groups is 1. The maximum Gasteiger partial charge on any atom is 0.191 e. The van der Waals surface area contributed by atoms with Crippen molar-refractivity contribution in [2.75, 3.05) is 44.3 Å². The molecule has 6 heteroatoms. The van der Waals surface area contributed by atoms with E-state index < -0.39 is 0 Å². The first-order valence-corrected chi connectivity index (χ1v) is 8.42. The minimum Gasteiger partial charge on any atom is -0.380 e. The van der Waals surface area contributed by atoms with Gasteiger partial charge in [0, 0.05) is 38.5 Å². The van der Waals surface area contributed by atoms with Crippen molar-refractivity contribution < 1.29 is 4.74 Å². The molecule has 0 aromatic heterocycles. The van der Waals surface area contributed by atoms with Gasteiger partial charge in [0.2, 0.25) is 0 Å². The van der Waals surface area contributed by atoms with Crippen LogP contribution in [-0.4, -0.2) is 45.4 Å². The second-order valence-electron chi connectivity index (χ2n) is 5.36. The van der Waals surface area contributed by atoms with Gasteiger partial charge in [-0.15, -0.1) is 24.0 Å². The largest absolute Gasteiger partial charge is 0.380 e. The molecule has 0 unspecified atom stereocenters. The summed E-state index contributed by atoms with van der Waals surface area (Å²) in [4.78, 5) is 6.96. The zero-order valence-corrected chi connectivity index (χ0v) is 17.0. The molecule has 0 amide bonds. The lowest BCUT2D eigenvalue weighted by atomic mass is 10.2. The minimum atomic E-state index is 0. The standard InChI is InChI=1S/C18H28N4O.HI/c1-3-19-18(20-11-14-23-4-2)21-15-16-7-9-17(10-8-16)22-12-5-6-13-22;/h5-10H,3-4,11-15H2,1-2H3,(H2,19,20,21);1H. The van der Waals surface area contributed by atoms with Gasteiger partial charge in [-0.05, 0) is 31.5 Å². The Morgan fingerprint density at radius 1 is 1.12 bits per heavy atom. The van der Waals surface area contributed by atoms with Gasteiger partial charge in [0.15, 0.2) is 5.96 Å². The van der Waals surface area contributed by atoms with E-state index in [9.17, 15) is 0 Å². The molecule has 1 aromatic carbocycles. The van der Waals surface area contributed by atoms with Gasteiger partial charge in [-0.1, -0.05) is 24.3 Å². The fourth-order valence-electron chi connectivity index (χ4n) is 2.40. The molecule has 1 heterocycles. The van der Waals surface area contributed by atoms with Gasteiger partial charge in [0.1, 0.15) is 0 Å². The molecule has 2 N–H and O–H groups in total. The van der Waals surface area contributed by atoms with Crippen LogP contribution in [0.15, 0.2) is 41.4 Å². The predicted molar refractivity (Wildman–Crippen MR) is 113 cm³/mol. The smallest absolute Gasteiger partial charge is 0.191 e. The van der Waals surface area contributed by atoms with Crippen molar-refractivity contribution in [1.82, 2.24) is 10.6 Å². The molecule has 1 aliphatic heterocycles. The fraction of sp³-hybridized carbons (Fsp3) is 0.500. The molecule has 0 saturated carbocycles. The number of guanidine groups is 1. The average molecular weight is 444 g/mol. The first kappa shape index (κ1) is 20.8. The van der Waals surface area contributed by atoms with Gasteiger partial charge in [-0.25, -0.2) is 4.99 Å². The van der Waals surface area contributed by atoms with Crippen molar-refractivity contribution in [3.05, 3.63) is 42.0 Å².